The van der Waals surface area contributed by atoms with Gasteiger partial charge in [-0.1, -0.05) is 0 Å². The molecule has 1 rings (SSSR count). The van der Waals surface area contributed by atoms with Crippen LogP contribution in [0.2, 0.25) is 0 Å². The van der Waals surface area contributed by atoms with Crippen molar-refractivity contribution in [2.75, 3.05) is 0 Å². The highest BCUT2D eigenvalue weighted by Crippen LogP contribution is 2.15. The highest BCUT2D eigenvalue weighted by molar-refractivity contribution is 14.2. The van der Waals surface area contributed by atoms with Crippen molar-refractivity contribution >= 4 is 46.0 Å². The molecule has 0 bridgehead atoms. The van der Waals surface area contributed by atoms with Gasteiger partial charge in [-0.2, -0.15) is 1.36 Å². The summed E-state index contributed by atoms with van der Waals surface area (Å²) in [6.07, 6.45) is 2.15. The average Bonchev–Trinajstić information content (AvgIpc) is 1.72. The summed E-state index contributed by atoms with van der Waals surface area (Å²) in [5.41, 5.74) is 0. The molecule has 0 aromatic rings. The minimum absolute atomic E-state index is 0.177. The summed E-state index contributed by atoms with van der Waals surface area (Å²) < 4.78 is 8.62. The lowest BCUT2D eigenvalue weighted by Crippen LogP contribution is -1.49. The molecule has 3 heteroatoms. The first-order chi connectivity index (χ1) is 3.00. The van der Waals surface area contributed by atoms with Crippen LogP contribution in [0.4, 0.5) is 0 Å². The molecular weight excluding hydrogens is 304 g/mol. The largest absolute Gasteiger partial charge is 0.197 e. The van der Waals surface area contributed by atoms with E-state index in [4.69, 9.17) is 0 Å². The summed E-state index contributed by atoms with van der Waals surface area (Å²) in [4.78, 5) is 0. The molecule has 0 saturated carbocycles. The Morgan fingerprint density at radius 3 is 2.67 bits per heavy atom. The first-order valence-corrected chi connectivity index (χ1v) is 5.86. The van der Waals surface area contributed by atoms with E-state index in [0.29, 0.717) is 0 Å². The molecule has 0 unspecified atom stereocenters. The molecule has 0 aromatic carbocycles. The van der Waals surface area contributed by atoms with Gasteiger partial charge < -0.3 is 0 Å². The molecule has 0 spiro atoms. The van der Waals surface area contributed by atoms with Gasteiger partial charge in [-0.25, -0.2) is 0 Å². The van der Waals surface area contributed by atoms with E-state index < -0.39 is 0 Å². The molecule has 1 nitrogen and oxygen atoms in total. The summed E-state index contributed by atoms with van der Waals surface area (Å²) in [6.45, 7) is 0. The van der Waals surface area contributed by atoms with E-state index in [1.165, 1.54) is 0 Å². The lowest BCUT2D eigenvalue weighted by molar-refractivity contribution is 2.29. The minimum atomic E-state index is 0.177. The molecule has 0 aromatic heterocycles. The second kappa shape index (κ2) is 2.95. The first kappa shape index (κ1) is 5.02. The zero-order valence-electron chi connectivity index (χ0n) is 2.94. The summed E-state index contributed by atoms with van der Waals surface area (Å²) in [5, 5.41) is 0. The van der Waals surface area contributed by atoms with Gasteiger partial charge in [0, 0.05) is 42.0 Å². The Labute approximate surface area is 57.1 Å². The van der Waals surface area contributed by atoms with Crippen molar-refractivity contribution < 1.29 is 0 Å². The van der Waals surface area contributed by atoms with Crippen LogP contribution in [0, 0.1) is 0 Å². The third-order valence-electron chi connectivity index (χ3n) is 0.332. The Bertz CT molecular complexity index is 78.2. The van der Waals surface area contributed by atoms with E-state index in [0.717, 1.165) is 0 Å². The fourth-order valence-corrected chi connectivity index (χ4v) is 4.55. The lowest BCUT2D eigenvalue weighted by Gasteiger charge is -1.74. The highest BCUT2D eigenvalue weighted by atomic mass is 127. The van der Waals surface area contributed by atoms with Crippen LogP contribution >= 0.6 is 42.0 Å². The number of halogens is 2. The number of hydrogen-bond acceptors (Lipinski definition) is 1. The lowest BCUT2D eigenvalue weighted by atomic mass is 10.8. The fraction of sp³-hybridized carbons (Fsp3) is 0. The van der Waals surface area contributed by atoms with E-state index in [2.05, 4.69) is 15.5 Å². The van der Waals surface area contributed by atoms with Crippen LogP contribution in [0.3, 0.4) is 0 Å². The maximum Gasteiger partial charge on any atom is 0.0301 e. The maximum absolute atomic E-state index is 4.25. The Hall–Kier alpha value is 0.870. The van der Waals surface area contributed by atoms with Gasteiger partial charge >= 0.3 is 0 Å². The summed E-state index contributed by atoms with van der Waals surface area (Å²) in [6, 6.07) is 0. The van der Waals surface area contributed by atoms with E-state index in [1.54, 1.807) is 0 Å². The second-order valence-electron chi connectivity index (χ2n) is 0.703. The zero-order chi connectivity index (χ0) is 4.24. The zero-order valence-corrected chi connectivity index (χ0v) is 7.25. The molecule has 1 aliphatic heterocycles. The smallest absolute Gasteiger partial charge is 0.0301 e. The molecule has 0 N–H and O–H groups in total. The molecule has 1 aliphatic rings. The van der Waals surface area contributed by atoms with Crippen LogP contribution in [-0.2, 0) is 0 Å². The molecule has 0 aliphatic carbocycles. The quantitative estimate of drug-likeness (QED) is 0.609. The predicted molar refractivity (Wildman–Crippen MR) is 45.7 cm³/mol. The van der Waals surface area contributed by atoms with Gasteiger partial charge in [-0.05, 0) is 14.2 Å². The monoisotopic (exact) mass is 307 g/mol. The molecular formula is C3H3I2N. The standard InChI is InChI=1S/C3H3I2N/c1-2-4-6-5-3-1/h1-3H. The fourth-order valence-electron chi connectivity index (χ4n) is 0.156. The Morgan fingerprint density at radius 1 is 1.50 bits per heavy atom. The summed E-state index contributed by atoms with van der Waals surface area (Å²) in [7, 11) is 0. The topological polar surface area (TPSA) is 12.4 Å². The first-order valence-electron chi connectivity index (χ1n) is 1.44. The molecule has 34 valence electrons. The molecule has 0 radical (unpaired) electrons. The highest BCUT2D eigenvalue weighted by Gasteiger charge is 1.68. The van der Waals surface area contributed by atoms with Crippen LogP contribution < -0.4 is 0 Å². The average molecular weight is 307 g/mol. The van der Waals surface area contributed by atoms with Crippen LogP contribution in [0.5, 0.6) is 0 Å². The van der Waals surface area contributed by atoms with Crippen molar-refractivity contribution in [2.24, 2.45) is 1.36 Å². The van der Waals surface area contributed by atoms with Crippen molar-refractivity contribution in [3.63, 3.8) is 0 Å². The van der Waals surface area contributed by atoms with Crippen molar-refractivity contribution in [3.8, 4) is 0 Å². The number of nitrogens with zero attached hydrogens (tertiary/aromatic N) is 1. The van der Waals surface area contributed by atoms with Crippen molar-refractivity contribution in [1.29, 1.82) is 0 Å². The number of hydrogen-bond donors (Lipinski definition) is 0. The van der Waals surface area contributed by atoms with Gasteiger partial charge in [0.05, 0.1) is 0 Å². The Balaban J connectivity index is 2.77. The van der Waals surface area contributed by atoms with Gasteiger partial charge in [0.1, 0.15) is 0 Å². The summed E-state index contributed by atoms with van der Waals surface area (Å²) >= 11 is 0.354. The molecule has 6 heavy (non-hydrogen) atoms. The van der Waals surface area contributed by atoms with Gasteiger partial charge in [0.25, 0.3) is 0 Å². The Kier molecular flexibility index (Phi) is 2.47. The third-order valence-corrected chi connectivity index (χ3v) is 5.05. The van der Waals surface area contributed by atoms with Gasteiger partial charge in [-0.3, -0.25) is 0 Å². The van der Waals surface area contributed by atoms with Crippen LogP contribution in [-0.4, -0.2) is 4.01 Å². The maximum atomic E-state index is 4.25. The third kappa shape index (κ3) is 1.55. The van der Waals surface area contributed by atoms with E-state index in [9.17, 15) is 0 Å². The van der Waals surface area contributed by atoms with Crippen LogP contribution in [0.1, 0.15) is 0 Å². The van der Waals surface area contributed by atoms with E-state index in [1.807, 2.05) is 0 Å². The predicted octanol–water partition coefficient (Wildman–Crippen LogP) is 2.36. The molecule has 0 fully saturated rings. The number of rotatable bonds is 0. The van der Waals surface area contributed by atoms with Gasteiger partial charge in [0.2, 0.25) is 0 Å². The normalized spacial score (nSPS) is 18.7. The SMILES string of the molecule is C1=CI=NI=C1. The number of allylic oxidation sites excluding steroid dienone is 1. The van der Waals surface area contributed by atoms with Crippen LogP contribution in [0.15, 0.2) is 11.5 Å². The molecule has 1 heterocycles. The molecule has 0 atom stereocenters. The van der Waals surface area contributed by atoms with Crippen molar-refractivity contribution in [1.82, 2.24) is 0 Å². The van der Waals surface area contributed by atoms with Gasteiger partial charge in [0.15, 0.2) is 0 Å². The second-order valence-corrected chi connectivity index (χ2v) is 6.07. The minimum Gasteiger partial charge on any atom is -0.197 e. The van der Waals surface area contributed by atoms with Crippen molar-refractivity contribution in [2.45, 2.75) is 0 Å². The van der Waals surface area contributed by atoms with E-state index >= 15 is 0 Å². The Morgan fingerprint density at radius 2 is 2.50 bits per heavy atom. The molecule has 0 saturated heterocycles. The summed E-state index contributed by atoms with van der Waals surface area (Å²) in [5.74, 6) is 0. The van der Waals surface area contributed by atoms with Crippen LogP contribution in [0.25, 0.3) is 0 Å². The van der Waals surface area contributed by atoms with Crippen molar-refractivity contribution in [3.05, 3.63) is 10.2 Å². The van der Waals surface area contributed by atoms with E-state index in [-0.39, 0.29) is 42.0 Å². The molecule has 0 amide bonds. The van der Waals surface area contributed by atoms with Gasteiger partial charge in [-0.15, -0.1) is 0 Å².